The number of hydrogen-bond donors (Lipinski definition) is 4. The van der Waals surface area contributed by atoms with Crippen LogP contribution in [0.3, 0.4) is 0 Å². The van der Waals surface area contributed by atoms with Crippen molar-refractivity contribution in [1.82, 2.24) is 4.90 Å². The van der Waals surface area contributed by atoms with Gasteiger partial charge in [-0.15, -0.1) is 0 Å². The lowest BCUT2D eigenvalue weighted by atomic mass is 9.89. The number of phenolic OH excluding ortho intramolecular Hbond substituents is 2. The number of nitrogens with zero attached hydrogens (tertiary/aromatic N) is 1. The van der Waals surface area contributed by atoms with Gasteiger partial charge in [0, 0.05) is 35.2 Å². The summed E-state index contributed by atoms with van der Waals surface area (Å²) in [6.07, 6.45) is 0.608. The number of aromatic carboxylic acids is 1. The van der Waals surface area contributed by atoms with Gasteiger partial charge in [0.1, 0.15) is 28.2 Å². The summed E-state index contributed by atoms with van der Waals surface area (Å²) in [6.45, 7) is 0.513. The van der Waals surface area contributed by atoms with E-state index in [1.807, 2.05) is 11.9 Å². The van der Waals surface area contributed by atoms with Crippen LogP contribution in [0.4, 0.5) is 0 Å². The number of aliphatic hydroxyl groups is 1. The fourth-order valence-electron chi connectivity index (χ4n) is 4.27. The second-order valence-corrected chi connectivity index (χ2v) is 8.04. The summed E-state index contributed by atoms with van der Waals surface area (Å²) in [5, 5.41) is 39.9. The lowest BCUT2D eigenvalue weighted by Crippen LogP contribution is -2.32. The normalized spacial score (nSPS) is 19.2. The molecule has 0 spiro atoms. The first-order valence-corrected chi connectivity index (χ1v) is 9.97. The molecule has 2 heterocycles. The summed E-state index contributed by atoms with van der Waals surface area (Å²) in [5.41, 5.74) is 0.0696. The molecule has 0 radical (unpaired) electrons. The van der Waals surface area contributed by atoms with E-state index in [4.69, 9.17) is 21.1 Å². The third-order valence-corrected chi connectivity index (χ3v) is 6.17. The zero-order chi connectivity index (χ0) is 22.4. The fourth-order valence-corrected chi connectivity index (χ4v) is 4.55. The molecule has 1 fully saturated rings. The molecule has 4 rings (SSSR count). The van der Waals surface area contributed by atoms with E-state index in [1.165, 1.54) is 18.2 Å². The van der Waals surface area contributed by atoms with Crippen molar-refractivity contribution in [2.75, 3.05) is 20.2 Å². The Morgan fingerprint density at radius 3 is 2.61 bits per heavy atom. The van der Waals surface area contributed by atoms with Crippen LogP contribution in [-0.2, 0) is 0 Å². The van der Waals surface area contributed by atoms with Crippen molar-refractivity contribution < 1.29 is 29.6 Å². The molecular formula is C22H20ClNO7. The van der Waals surface area contributed by atoms with Crippen LogP contribution in [-0.4, -0.2) is 57.5 Å². The van der Waals surface area contributed by atoms with E-state index >= 15 is 0 Å². The molecule has 2 atom stereocenters. The smallest absolute Gasteiger partial charge is 0.335 e. The van der Waals surface area contributed by atoms with Crippen molar-refractivity contribution in [2.45, 2.75) is 18.4 Å². The van der Waals surface area contributed by atoms with Crippen molar-refractivity contribution in [3.05, 3.63) is 56.7 Å². The molecular weight excluding hydrogens is 426 g/mol. The molecule has 162 valence electrons. The van der Waals surface area contributed by atoms with Crippen LogP contribution in [0.15, 0.2) is 39.5 Å². The number of carboxylic acid groups (broad SMARTS) is 1. The number of aliphatic hydroxyl groups excluding tert-OH is 1. The van der Waals surface area contributed by atoms with Gasteiger partial charge in [0.15, 0.2) is 5.43 Å². The molecule has 2 aromatic carbocycles. The van der Waals surface area contributed by atoms with Crippen LogP contribution in [0.25, 0.3) is 22.3 Å². The fraction of sp³-hybridized carbons (Fsp3) is 0.273. The van der Waals surface area contributed by atoms with Crippen LogP contribution >= 0.6 is 11.6 Å². The summed E-state index contributed by atoms with van der Waals surface area (Å²) in [6, 6.07) is 5.98. The highest BCUT2D eigenvalue weighted by Gasteiger charge is 2.36. The second-order valence-electron chi connectivity index (χ2n) is 7.63. The molecule has 2 unspecified atom stereocenters. The van der Waals surface area contributed by atoms with E-state index in [-0.39, 0.29) is 51.6 Å². The Kier molecular flexibility index (Phi) is 5.38. The molecule has 1 aliphatic rings. The quantitative estimate of drug-likeness (QED) is 0.482. The largest absolute Gasteiger partial charge is 0.507 e. The number of halogens is 1. The summed E-state index contributed by atoms with van der Waals surface area (Å²) in [7, 11) is 1.85. The predicted molar refractivity (Wildman–Crippen MR) is 114 cm³/mol. The van der Waals surface area contributed by atoms with Crippen LogP contribution in [0.1, 0.15) is 28.3 Å². The van der Waals surface area contributed by atoms with Crippen LogP contribution in [0.2, 0.25) is 5.02 Å². The van der Waals surface area contributed by atoms with Gasteiger partial charge in [0.2, 0.25) is 0 Å². The van der Waals surface area contributed by atoms with Gasteiger partial charge in [-0.1, -0.05) is 11.6 Å². The van der Waals surface area contributed by atoms with E-state index in [1.54, 1.807) is 0 Å². The van der Waals surface area contributed by atoms with Crippen LogP contribution < -0.4 is 5.43 Å². The number of likely N-dealkylation sites (N-methyl/N-ethyl adjacent to an activating group) is 1. The van der Waals surface area contributed by atoms with Crippen LogP contribution in [0, 0.1) is 0 Å². The monoisotopic (exact) mass is 445 g/mol. The number of carboxylic acids is 1. The van der Waals surface area contributed by atoms with Crippen LogP contribution in [0.5, 0.6) is 11.5 Å². The number of benzene rings is 2. The number of phenols is 2. The number of aromatic hydroxyl groups is 2. The summed E-state index contributed by atoms with van der Waals surface area (Å²) < 4.78 is 5.99. The molecule has 31 heavy (non-hydrogen) atoms. The predicted octanol–water partition coefficient (Wildman–Crippen LogP) is 3.00. The van der Waals surface area contributed by atoms with Crippen molar-refractivity contribution in [3.63, 3.8) is 0 Å². The maximum absolute atomic E-state index is 12.9. The van der Waals surface area contributed by atoms with Gasteiger partial charge >= 0.3 is 5.97 Å². The molecule has 9 heteroatoms. The summed E-state index contributed by atoms with van der Waals surface area (Å²) in [5.74, 6) is -2.07. The first-order chi connectivity index (χ1) is 14.7. The lowest BCUT2D eigenvalue weighted by Gasteiger charge is -2.24. The first-order valence-electron chi connectivity index (χ1n) is 9.60. The average molecular weight is 446 g/mol. The van der Waals surface area contributed by atoms with E-state index in [0.29, 0.717) is 24.1 Å². The van der Waals surface area contributed by atoms with E-state index in [2.05, 4.69) is 0 Å². The van der Waals surface area contributed by atoms with E-state index < -0.39 is 17.1 Å². The molecule has 0 saturated carbocycles. The van der Waals surface area contributed by atoms with Gasteiger partial charge in [-0.25, -0.2) is 4.79 Å². The van der Waals surface area contributed by atoms with Gasteiger partial charge in [0.05, 0.1) is 17.2 Å². The van der Waals surface area contributed by atoms with Crippen molar-refractivity contribution in [2.24, 2.45) is 0 Å². The van der Waals surface area contributed by atoms with Crippen molar-refractivity contribution in [3.8, 4) is 22.8 Å². The van der Waals surface area contributed by atoms with Gasteiger partial charge in [-0.2, -0.15) is 0 Å². The Morgan fingerprint density at radius 1 is 1.23 bits per heavy atom. The lowest BCUT2D eigenvalue weighted by molar-refractivity contribution is 0.0697. The average Bonchev–Trinajstić information content (AvgIpc) is 3.07. The Bertz CT molecular complexity index is 1250. The van der Waals surface area contributed by atoms with Crippen molar-refractivity contribution >= 4 is 28.5 Å². The molecule has 0 amide bonds. The molecule has 8 nitrogen and oxygen atoms in total. The Hall–Kier alpha value is -3.07. The highest BCUT2D eigenvalue weighted by molar-refractivity contribution is 6.33. The number of carbonyl (C=O) groups is 1. The Labute approximate surface area is 181 Å². The molecule has 0 bridgehead atoms. The maximum atomic E-state index is 12.9. The zero-order valence-electron chi connectivity index (χ0n) is 16.5. The minimum Gasteiger partial charge on any atom is -0.507 e. The Morgan fingerprint density at radius 2 is 1.97 bits per heavy atom. The number of rotatable bonds is 4. The molecule has 1 aromatic heterocycles. The number of fused-ring (bicyclic) bond motifs is 1. The van der Waals surface area contributed by atoms with Gasteiger partial charge < -0.3 is 29.7 Å². The molecule has 4 N–H and O–H groups in total. The van der Waals surface area contributed by atoms with E-state index in [9.17, 15) is 24.9 Å². The zero-order valence-corrected chi connectivity index (χ0v) is 17.3. The second kappa shape index (κ2) is 7.88. The van der Waals surface area contributed by atoms with Gasteiger partial charge in [-0.3, -0.25) is 4.79 Å². The van der Waals surface area contributed by atoms with Gasteiger partial charge in [-0.05, 0) is 38.2 Å². The number of likely N-dealkylation sites (tertiary alicyclic amines) is 1. The highest BCUT2D eigenvalue weighted by atomic mass is 35.5. The van der Waals surface area contributed by atoms with Gasteiger partial charge in [0.25, 0.3) is 0 Å². The summed E-state index contributed by atoms with van der Waals surface area (Å²) >= 11 is 6.24. The minimum atomic E-state index is -1.15. The SMILES string of the molecule is CN1CCC(c2c(O)cc(O)c3c(=O)cc(-c4ccc(C(=O)O)cc4Cl)oc23)C1CO. The topological polar surface area (TPSA) is 131 Å². The standard InChI is InChI=1S/C22H20ClNO7/c1-24-5-4-12(14(24)9-25)19-15(26)7-16(27)20-17(28)8-18(31-21(19)20)11-3-2-10(22(29)30)6-13(11)23/h2-3,6-8,12,14,25-27H,4-5,9H2,1H3,(H,29,30). The molecule has 1 saturated heterocycles. The van der Waals surface area contributed by atoms with Crippen molar-refractivity contribution in [1.29, 1.82) is 0 Å². The molecule has 1 aliphatic heterocycles. The number of hydrogen-bond acceptors (Lipinski definition) is 7. The molecule has 0 aliphatic carbocycles. The highest BCUT2D eigenvalue weighted by Crippen LogP contribution is 2.44. The summed E-state index contributed by atoms with van der Waals surface area (Å²) in [4.78, 5) is 26.0. The third-order valence-electron chi connectivity index (χ3n) is 5.86. The Balaban J connectivity index is 1.98. The van der Waals surface area contributed by atoms with E-state index in [0.717, 1.165) is 12.1 Å². The minimum absolute atomic E-state index is 0.0112. The third kappa shape index (κ3) is 3.52. The maximum Gasteiger partial charge on any atom is 0.335 e. The molecule has 3 aromatic rings. The first kappa shape index (κ1) is 21.2.